The predicted molar refractivity (Wildman–Crippen MR) is 103 cm³/mol. The molecule has 2 heterocycles. The molecule has 0 aromatic carbocycles. The van der Waals surface area contributed by atoms with Gasteiger partial charge in [0.1, 0.15) is 11.6 Å². The van der Waals surface area contributed by atoms with Crippen molar-refractivity contribution in [2.24, 2.45) is 0 Å². The fourth-order valence-corrected chi connectivity index (χ4v) is 5.66. The molecule has 0 saturated heterocycles. The number of hydrogen-bond acceptors (Lipinski definition) is 9. The van der Waals surface area contributed by atoms with Crippen LogP contribution in [0.1, 0.15) is 52.2 Å². The molecule has 0 spiro atoms. The summed E-state index contributed by atoms with van der Waals surface area (Å²) in [6.45, 7) is 9.44. The van der Waals surface area contributed by atoms with Gasteiger partial charge in [0.25, 0.3) is 0 Å². The molecule has 6 N–H and O–H groups in total. The molecule has 0 unspecified atom stereocenters. The van der Waals surface area contributed by atoms with Gasteiger partial charge < -0.3 is 24.7 Å². The van der Waals surface area contributed by atoms with E-state index < -0.39 is 14.2 Å². The molecule has 0 fully saturated rings. The molecular weight excluding hydrogens is 368 g/mol. The standard InChI is InChI=1S/C15H30N8O3Si/c1-5-24-27(25-6-2,26-7-3)10-8-9-15(4,11-18-13(16)22-20-11)12-19-14(17)23-21-12/h5-10H2,1-4H3,(H3,16,18,20,22)(H3,17,19,21,23). The molecule has 0 aliphatic rings. The third kappa shape index (κ3) is 5.03. The first-order valence-electron chi connectivity index (χ1n) is 9.17. The summed E-state index contributed by atoms with van der Waals surface area (Å²) < 4.78 is 17.8. The van der Waals surface area contributed by atoms with Crippen molar-refractivity contribution in [3.63, 3.8) is 0 Å². The van der Waals surface area contributed by atoms with Crippen LogP contribution in [0, 0.1) is 0 Å². The minimum absolute atomic E-state index is 0.172. The second-order valence-corrected chi connectivity index (χ2v) is 8.98. The van der Waals surface area contributed by atoms with Crippen molar-refractivity contribution < 1.29 is 13.3 Å². The Bertz CT molecular complexity index is 650. The van der Waals surface area contributed by atoms with E-state index in [2.05, 4.69) is 30.4 Å². The molecule has 12 heteroatoms. The number of nitrogens with one attached hydrogen (secondary N) is 2. The van der Waals surface area contributed by atoms with E-state index in [9.17, 15) is 0 Å². The Morgan fingerprint density at radius 1 is 0.889 bits per heavy atom. The molecule has 2 aromatic heterocycles. The van der Waals surface area contributed by atoms with Gasteiger partial charge in [-0.1, -0.05) is 0 Å². The van der Waals surface area contributed by atoms with Crippen molar-refractivity contribution in [1.82, 2.24) is 30.4 Å². The van der Waals surface area contributed by atoms with Crippen LogP contribution in [0.25, 0.3) is 0 Å². The van der Waals surface area contributed by atoms with Gasteiger partial charge in [-0.3, -0.25) is 10.2 Å². The van der Waals surface area contributed by atoms with Gasteiger partial charge in [0.15, 0.2) is 0 Å². The average molecular weight is 399 g/mol. The second kappa shape index (κ2) is 9.26. The number of anilines is 2. The van der Waals surface area contributed by atoms with Crippen LogP contribution >= 0.6 is 0 Å². The van der Waals surface area contributed by atoms with Gasteiger partial charge in [0.2, 0.25) is 11.9 Å². The zero-order valence-electron chi connectivity index (χ0n) is 16.4. The Morgan fingerprint density at radius 2 is 1.33 bits per heavy atom. The van der Waals surface area contributed by atoms with Gasteiger partial charge in [0, 0.05) is 25.9 Å². The van der Waals surface area contributed by atoms with Crippen molar-refractivity contribution in [3.8, 4) is 0 Å². The van der Waals surface area contributed by atoms with Crippen molar-refractivity contribution in [1.29, 1.82) is 0 Å². The fourth-order valence-electron chi connectivity index (χ4n) is 3.05. The molecule has 27 heavy (non-hydrogen) atoms. The summed E-state index contributed by atoms with van der Waals surface area (Å²) in [4.78, 5) is 8.59. The zero-order valence-corrected chi connectivity index (χ0v) is 17.4. The Morgan fingerprint density at radius 3 is 1.67 bits per heavy atom. The van der Waals surface area contributed by atoms with E-state index in [0.29, 0.717) is 43.9 Å². The molecule has 0 bridgehead atoms. The van der Waals surface area contributed by atoms with Crippen LogP contribution < -0.4 is 11.5 Å². The summed E-state index contributed by atoms with van der Waals surface area (Å²) in [5, 5.41) is 13.6. The Kier molecular flexibility index (Phi) is 7.30. The minimum Gasteiger partial charge on any atom is -0.374 e. The topological polar surface area (TPSA) is 163 Å². The molecule has 0 aliphatic heterocycles. The number of nitrogen functional groups attached to an aromatic ring is 2. The maximum absolute atomic E-state index is 5.93. The lowest BCUT2D eigenvalue weighted by Crippen LogP contribution is -2.46. The highest BCUT2D eigenvalue weighted by atomic mass is 28.4. The number of hydrogen-bond donors (Lipinski definition) is 4. The summed E-state index contributed by atoms with van der Waals surface area (Å²) in [5.74, 6) is 1.52. The number of aromatic nitrogens is 6. The number of nitrogens with zero attached hydrogens (tertiary/aromatic N) is 4. The van der Waals surface area contributed by atoms with Crippen molar-refractivity contribution >= 4 is 20.7 Å². The summed E-state index contributed by atoms with van der Waals surface area (Å²) in [6.07, 6.45) is 1.42. The van der Waals surface area contributed by atoms with Crippen LogP contribution in [0.3, 0.4) is 0 Å². The third-order valence-corrected chi connectivity index (χ3v) is 7.45. The van der Waals surface area contributed by atoms with Crippen molar-refractivity contribution in [2.75, 3.05) is 31.3 Å². The predicted octanol–water partition coefficient (Wildman–Crippen LogP) is 1.22. The van der Waals surface area contributed by atoms with Gasteiger partial charge in [-0.15, -0.1) is 10.2 Å². The van der Waals surface area contributed by atoms with Gasteiger partial charge in [-0.25, -0.2) is 0 Å². The molecule has 11 nitrogen and oxygen atoms in total. The number of rotatable bonds is 12. The molecule has 0 saturated carbocycles. The average Bonchev–Trinajstić information content (AvgIpc) is 3.24. The van der Waals surface area contributed by atoms with E-state index in [-0.39, 0.29) is 11.9 Å². The molecule has 0 radical (unpaired) electrons. The van der Waals surface area contributed by atoms with E-state index in [4.69, 9.17) is 24.7 Å². The molecule has 2 aromatic rings. The third-order valence-electron chi connectivity index (χ3n) is 4.30. The highest BCUT2D eigenvalue weighted by molar-refractivity contribution is 6.60. The monoisotopic (exact) mass is 398 g/mol. The molecule has 152 valence electrons. The number of H-pyrrole nitrogens is 2. The quantitative estimate of drug-likeness (QED) is 0.385. The van der Waals surface area contributed by atoms with Crippen LogP contribution in [0.5, 0.6) is 0 Å². The maximum Gasteiger partial charge on any atom is 0.500 e. The van der Waals surface area contributed by atoms with Crippen molar-refractivity contribution in [2.45, 2.75) is 52.0 Å². The van der Waals surface area contributed by atoms with Crippen LogP contribution in [0.15, 0.2) is 0 Å². The normalized spacial score (nSPS) is 12.6. The molecule has 0 atom stereocenters. The summed E-state index contributed by atoms with van der Waals surface area (Å²) in [7, 11) is -2.73. The molecular formula is C15H30N8O3Si. The Labute approximate surface area is 160 Å². The lowest BCUT2D eigenvalue weighted by molar-refractivity contribution is 0.0703. The molecule has 0 amide bonds. The smallest absolute Gasteiger partial charge is 0.374 e. The van der Waals surface area contributed by atoms with Crippen LogP contribution in [-0.4, -0.2) is 59.0 Å². The molecule has 0 aliphatic carbocycles. The first kappa shape index (κ1) is 21.3. The lowest BCUT2D eigenvalue weighted by atomic mass is 9.84. The van der Waals surface area contributed by atoms with E-state index >= 15 is 0 Å². The van der Waals surface area contributed by atoms with E-state index in [1.807, 2.05) is 27.7 Å². The number of aromatic amines is 2. The van der Waals surface area contributed by atoms with Gasteiger partial charge >= 0.3 is 8.80 Å². The van der Waals surface area contributed by atoms with E-state index in [1.54, 1.807) is 0 Å². The van der Waals surface area contributed by atoms with E-state index in [1.165, 1.54) is 0 Å². The first-order valence-corrected chi connectivity index (χ1v) is 11.1. The summed E-state index contributed by atoms with van der Waals surface area (Å²) in [5.41, 5.74) is 10.8. The van der Waals surface area contributed by atoms with Gasteiger partial charge in [0.05, 0.1) is 5.41 Å². The van der Waals surface area contributed by atoms with Crippen LogP contribution in [-0.2, 0) is 18.7 Å². The van der Waals surface area contributed by atoms with Crippen LogP contribution in [0.4, 0.5) is 11.9 Å². The highest BCUT2D eigenvalue weighted by Gasteiger charge is 2.42. The minimum atomic E-state index is -2.73. The van der Waals surface area contributed by atoms with Gasteiger partial charge in [-0.05, 0) is 40.5 Å². The Hall–Kier alpha value is -2.02. The number of nitrogens with two attached hydrogens (primary N) is 2. The Balaban J connectivity index is 2.20. The maximum atomic E-state index is 5.93. The SMILES string of the molecule is CCO[Si](CCCC(C)(c1nc(N)n[nH]1)c1nc(N)n[nH]1)(OCC)OCC. The van der Waals surface area contributed by atoms with Crippen LogP contribution in [0.2, 0.25) is 6.04 Å². The summed E-state index contributed by atoms with van der Waals surface area (Å²) >= 11 is 0. The van der Waals surface area contributed by atoms with Gasteiger partial charge in [-0.2, -0.15) is 9.97 Å². The second-order valence-electron chi connectivity index (χ2n) is 6.25. The first-order chi connectivity index (χ1) is 12.9. The highest BCUT2D eigenvalue weighted by Crippen LogP contribution is 2.34. The lowest BCUT2D eigenvalue weighted by Gasteiger charge is -2.30. The van der Waals surface area contributed by atoms with E-state index in [0.717, 1.165) is 6.42 Å². The zero-order chi connectivity index (χ0) is 19.9. The molecule has 2 rings (SSSR count). The summed E-state index contributed by atoms with van der Waals surface area (Å²) in [6, 6.07) is 0.672. The van der Waals surface area contributed by atoms with Crippen molar-refractivity contribution in [3.05, 3.63) is 11.6 Å². The fraction of sp³-hybridized carbons (Fsp3) is 0.733. The largest absolute Gasteiger partial charge is 0.500 e.